The molecule has 0 saturated heterocycles. The first kappa shape index (κ1) is 13.1. The lowest BCUT2D eigenvalue weighted by atomic mass is 9.99. The van der Waals surface area contributed by atoms with Crippen LogP contribution in [0.2, 0.25) is 0 Å². The average Bonchev–Trinajstić information content (AvgIpc) is 2.54. The summed E-state index contributed by atoms with van der Waals surface area (Å²) in [5.41, 5.74) is 3.91. The number of nitriles is 1. The highest BCUT2D eigenvalue weighted by molar-refractivity contribution is 5.98. The summed E-state index contributed by atoms with van der Waals surface area (Å²) in [7, 11) is 0. The maximum Gasteiger partial charge on any atom is 0.0998 e. The molecule has 0 aromatic heterocycles. The fourth-order valence-corrected chi connectivity index (χ4v) is 2.45. The van der Waals surface area contributed by atoms with E-state index in [1.807, 2.05) is 61.5 Å². The smallest absolute Gasteiger partial charge is 0.0998 e. The van der Waals surface area contributed by atoms with E-state index in [4.69, 9.17) is 0 Å². The van der Waals surface area contributed by atoms with Crippen LogP contribution in [0.5, 0.6) is 0 Å². The highest BCUT2D eigenvalue weighted by atomic mass is 14.2. The topological polar surface area (TPSA) is 23.8 Å². The van der Waals surface area contributed by atoms with Crippen LogP contribution in [-0.2, 0) is 0 Å². The van der Waals surface area contributed by atoms with Gasteiger partial charge in [-0.1, -0.05) is 72.3 Å². The molecule has 100 valence electrons. The molecule has 0 saturated carbocycles. The predicted molar refractivity (Wildman–Crippen MR) is 88.6 cm³/mol. The van der Waals surface area contributed by atoms with E-state index in [0.29, 0.717) is 5.57 Å². The van der Waals surface area contributed by atoms with Crippen molar-refractivity contribution in [3.05, 3.63) is 83.4 Å². The van der Waals surface area contributed by atoms with Crippen LogP contribution >= 0.6 is 0 Å². The average molecular weight is 269 g/mol. The number of allylic oxidation sites excluding steroid dienone is 1. The van der Waals surface area contributed by atoms with Crippen LogP contribution in [0.3, 0.4) is 0 Å². The minimum absolute atomic E-state index is 0.686. The number of aryl methyl sites for hydroxylation is 1. The van der Waals surface area contributed by atoms with Gasteiger partial charge >= 0.3 is 0 Å². The standard InChI is InChI=1S/C20H15N/c1-15-9-11-16(12-10-15)19(14-21)13-18-7-4-6-17-5-2-3-8-20(17)18/h2-13H,1H3/b19-13-. The summed E-state index contributed by atoms with van der Waals surface area (Å²) in [6, 6.07) is 24.8. The van der Waals surface area contributed by atoms with Crippen molar-refractivity contribution in [3.63, 3.8) is 0 Å². The third-order valence-corrected chi connectivity index (χ3v) is 3.61. The Morgan fingerprint density at radius 2 is 1.62 bits per heavy atom. The van der Waals surface area contributed by atoms with Crippen molar-refractivity contribution < 1.29 is 0 Å². The van der Waals surface area contributed by atoms with Gasteiger partial charge < -0.3 is 0 Å². The third kappa shape index (κ3) is 2.70. The van der Waals surface area contributed by atoms with Gasteiger partial charge in [0.2, 0.25) is 0 Å². The van der Waals surface area contributed by atoms with Crippen LogP contribution < -0.4 is 0 Å². The second-order valence-electron chi connectivity index (χ2n) is 5.10. The minimum Gasteiger partial charge on any atom is -0.192 e. The summed E-state index contributed by atoms with van der Waals surface area (Å²) in [5, 5.41) is 11.8. The molecule has 0 fully saturated rings. The molecule has 3 rings (SSSR count). The number of benzene rings is 3. The van der Waals surface area contributed by atoms with Gasteiger partial charge in [0.15, 0.2) is 0 Å². The number of rotatable bonds is 2. The Bertz CT molecular complexity index is 844. The van der Waals surface area contributed by atoms with Crippen molar-refractivity contribution in [3.8, 4) is 6.07 Å². The van der Waals surface area contributed by atoms with E-state index in [2.05, 4.69) is 24.3 Å². The zero-order valence-corrected chi connectivity index (χ0v) is 11.9. The molecule has 3 aromatic rings. The lowest BCUT2D eigenvalue weighted by Gasteiger charge is -2.04. The largest absolute Gasteiger partial charge is 0.192 e. The van der Waals surface area contributed by atoms with Crippen LogP contribution in [0.4, 0.5) is 0 Å². The van der Waals surface area contributed by atoms with Crippen molar-refractivity contribution in [1.82, 2.24) is 0 Å². The van der Waals surface area contributed by atoms with Gasteiger partial charge in [-0.25, -0.2) is 0 Å². The Kier molecular flexibility index (Phi) is 3.53. The second-order valence-corrected chi connectivity index (χ2v) is 5.10. The van der Waals surface area contributed by atoms with Crippen LogP contribution in [0, 0.1) is 18.3 Å². The van der Waals surface area contributed by atoms with Crippen LogP contribution in [-0.4, -0.2) is 0 Å². The number of fused-ring (bicyclic) bond motifs is 1. The molecule has 0 heterocycles. The van der Waals surface area contributed by atoms with Crippen molar-refractivity contribution >= 4 is 22.4 Å². The van der Waals surface area contributed by atoms with E-state index >= 15 is 0 Å². The third-order valence-electron chi connectivity index (χ3n) is 3.61. The van der Waals surface area contributed by atoms with E-state index in [1.54, 1.807) is 0 Å². The van der Waals surface area contributed by atoms with Crippen LogP contribution in [0.15, 0.2) is 66.7 Å². The molecule has 0 N–H and O–H groups in total. The van der Waals surface area contributed by atoms with Crippen molar-refractivity contribution in [2.75, 3.05) is 0 Å². The van der Waals surface area contributed by atoms with E-state index in [9.17, 15) is 5.26 Å². The molecule has 0 unspecified atom stereocenters. The molecular weight excluding hydrogens is 254 g/mol. The Balaban J connectivity index is 2.13. The van der Waals surface area contributed by atoms with Gasteiger partial charge in [0.1, 0.15) is 0 Å². The van der Waals surface area contributed by atoms with Crippen molar-refractivity contribution in [2.24, 2.45) is 0 Å². The maximum absolute atomic E-state index is 9.46. The number of hydrogen-bond acceptors (Lipinski definition) is 1. The molecule has 0 spiro atoms. The summed E-state index contributed by atoms with van der Waals surface area (Å²) in [6.07, 6.45) is 1.97. The first-order valence-corrected chi connectivity index (χ1v) is 6.94. The summed E-state index contributed by atoms with van der Waals surface area (Å²) in [5.74, 6) is 0. The zero-order chi connectivity index (χ0) is 14.7. The molecule has 0 radical (unpaired) electrons. The van der Waals surface area contributed by atoms with Crippen molar-refractivity contribution in [2.45, 2.75) is 6.92 Å². The van der Waals surface area contributed by atoms with Gasteiger partial charge in [-0.15, -0.1) is 0 Å². The Morgan fingerprint density at radius 3 is 2.38 bits per heavy atom. The first-order valence-electron chi connectivity index (χ1n) is 6.94. The molecule has 0 amide bonds. The van der Waals surface area contributed by atoms with Gasteiger partial charge in [0.25, 0.3) is 0 Å². The molecule has 0 bridgehead atoms. The molecule has 0 aliphatic heterocycles. The van der Waals surface area contributed by atoms with E-state index < -0.39 is 0 Å². The first-order chi connectivity index (χ1) is 10.3. The molecule has 0 aliphatic rings. The fraction of sp³-hybridized carbons (Fsp3) is 0.0500. The number of nitrogens with zero attached hydrogens (tertiary/aromatic N) is 1. The van der Waals surface area contributed by atoms with Gasteiger partial charge in [-0.3, -0.25) is 0 Å². The van der Waals surface area contributed by atoms with Crippen molar-refractivity contribution in [1.29, 1.82) is 5.26 Å². The van der Waals surface area contributed by atoms with Crippen LogP contribution in [0.1, 0.15) is 16.7 Å². The Morgan fingerprint density at radius 1 is 0.905 bits per heavy atom. The molecule has 3 aromatic carbocycles. The van der Waals surface area contributed by atoms with Gasteiger partial charge in [-0.2, -0.15) is 5.26 Å². The van der Waals surface area contributed by atoms with Crippen LogP contribution in [0.25, 0.3) is 22.4 Å². The van der Waals surface area contributed by atoms with Gasteiger partial charge in [0, 0.05) is 0 Å². The molecule has 21 heavy (non-hydrogen) atoms. The molecule has 0 atom stereocenters. The molecule has 1 nitrogen and oxygen atoms in total. The molecular formula is C20H15N. The zero-order valence-electron chi connectivity index (χ0n) is 11.9. The van der Waals surface area contributed by atoms with E-state index in [1.165, 1.54) is 16.3 Å². The Labute approximate surface area is 124 Å². The Hall–Kier alpha value is -2.85. The van der Waals surface area contributed by atoms with E-state index in [0.717, 1.165) is 11.1 Å². The monoisotopic (exact) mass is 269 g/mol. The lowest BCUT2D eigenvalue weighted by Crippen LogP contribution is -1.84. The fourth-order valence-electron chi connectivity index (χ4n) is 2.45. The summed E-state index contributed by atoms with van der Waals surface area (Å²) in [4.78, 5) is 0. The quantitative estimate of drug-likeness (QED) is 0.462. The molecule has 1 heteroatoms. The summed E-state index contributed by atoms with van der Waals surface area (Å²) < 4.78 is 0. The normalized spacial score (nSPS) is 11.3. The second kappa shape index (κ2) is 5.64. The summed E-state index contributed by atoms with van der Waals surface area (Å²) >= 11 is 0. The van der Waals surface area contributed by atoms with Gasteiger partial charge in [0.05, 0.1) is 11.6 Å². The lowest BCUT2D eigenvalue weighted by molar-refractivity contribution is 1.45. The SMILES string of the molecule is Cc1ccc(/C(C#N)=C\c2cccc3ccccc23)cc1. The summed E-state index contributed by atoms with van der Waals surface area (Å²) in [6.45, 7) is 2.05. The maximum atomic E-state index is 9.46. The predicted octanol–water partition coefficient (Wildman–Crippen LogP) is 5.21. The van der Waals surface area contributed by atoms with Gasteiger partial charge in [-0.05, 0) is 34.9 Å². The van der Waals surface area contributed by atoms with E-state index in [-0.39, 0.29) is 0 Å². The minimum atomic E-state index is 0.686. The number of hydrogen-bond donors (Lipinski definition) is 0. The molecule has 0 aliphatic carbocycles. The highest BCUT2D eigenvalue weighted by Gasteiger charge is 2.03. The highest BCUT2D eigenvalue weighted by Crippen LogP contribution is 2.24.